The van der Waals surface area contributed by atoms with Gasteiger partial charge in [0.2, 0.25) is 5.91 Å². The number of ether oxygens (including phenoxy) is 1. The number of aromatic nitrogens is 4. The number of nitrogens with one attached hydrogen (secondary N) is 1. The topological polar surface area (TPSA) is 81.9 Å². The third-order valence-electron chi connectivity index (χ3n) is 3.30. The van der Waals surface area contributed by atoms with Crippen LogP contribution in [0.3, 0.4) is 0 Å². The first-order valence-electron chi connectivity index (χ1n) is 7.62. The van der Waals surface area contributed by atoms with Crippen molar-refractivity contribution in [2.45, 2.75) is 19.7 Å². The Balaban J connectivity index is 1.46. The van der Waals surface area contributed by atoms with Gasteiger partial charge in [0, 0.05) is 18.9 Å². The molecule has 0 spiro atoms. The van der Waals surface area contributed by atoms with Crippen LogP contribution < -0.4 is 10.1 Å². The summed E-state index contributed by atoms with van der Waals surface area (Å²) in [6.45, 7) is 0.647. The van der Waals surface area contributed by atoms with Gasteiger partial charge in [-0.2, -0.15) is 0 Å². The van der Waals surface area contributed by atoms with E-state index in [2.05, 4.69) is 20.6 Å². The highest BCUT2D eigenvalue weighted by Gasteiger charge is 2.07. The van der Waals surface area contributed by atoms with Crippen molar-refractivity contribution in [1.82, 2.24) is 25.3 Å². The lowest BCUT2D eigenvalue weighted by molar-refractivity contribution is -0.122. The number of benzene rings is 1. The maximum absolute atomic E-state index is 12.8. The molecule has 0 aliphatic heterocycles. The smallest absolute Gasteiger partial charge is 0.242 e. The zero-order valence-electron chi connectivity index (χ0n) is 13.3. The van der Waals surface area contributed by atoms with E-state index in [1.165, 1.54) is 28.9 Å². The molecule has 1 aromatic carbocycles. The number of halogens is 1. The maximum atomic E-state index is 12.8. The highest BCUT2D eigenvalue weighted by atomic mass is 19.1. The van der Waals surface area contributed by atoms with Gasteiger partial charge in [0.1, 0.15) is 30.4 Å². The molecule has 128 valence electrons. The molecule has 0 atom stereocenters. The van der Waals surface area contributed by atoms with Crippen LogP contribution in [-0.2, 0) is 24.5 Å². The Kier molecular flexibility index (Phi) is 5.30. The fourth-order valence-corrected chi connectivity index (χ4v) is 2.08. The van der Waals surface area contributed by atoms with Gasteiger partial charge in [-0.05, 0) is 35.9 Å². The van der Waals surface area contributed by atoms with Crippen LogP contribution in [0.25, 0.3) is 0 Å². The molecule has 7 nitrogen and oxygen atoms in total. The Hall–Kier alpha value is -3.29. The second-order valence-corrected chi connectivity index (χ2v) is 5.29. The molecule has 0 aliphatic carbocycles. The van der Waals surface area contributed by atoms with Crippen LogP contribution in [0.15, 0.2) is 55.0 Å². The summed E-state index contributed by atoms with van der Waals surface area (Å²) in [6, 6.07) is 9.40. The minimum Gasteiger partial charge on any atom is -0.487 e. The molecule has 3 aromatic rings. The maximum Gasteiger partial charge on any atom is 0.242 e. The van der Waals surface area contributed by atoms with Gasteiger partial charge in [0.05, 0.1) is 6.20 Å². The molecule has 25 heavy (non-hydrogen) atoms. The van der Waals surface area contributed by atoms with Crippen molar-refractivity contribution in [2.75, 3.05) is 0 Å². The molecule has 0 unspecified atom stereocenters. The number of rotatable bonds is 7. The van der Waals surface area contributed by atoms with Crippen LogP contribution in [0, 0.1) is 5.82 Å². The number of amides is 1. The van der Waals surface area contributed by atoms with Crippen LogP contribution in [-0.4, -0.2) is 25.9 Å². The van der Waals surface area contributed by atoms with E-state index in [9.17, 15) is 9.18 Å². The van der Waals surface area contributed by atoms with Crippen LogP contribution in [0.4, 0.5) is 4.39 Å². The molecule has 2 heterocycles. The summed E-state index contributed by atoms with van der Waals surface area (Å²) in [5.41, 5.74) is 1.49. The molecule has 3 rings (SSSR count). The average molecular weight is 341 g/mol. The summed E-state index contributed by atoms with van der Waals surface area (Å²) < 4.78 is 19.7. The molecule has 1 N–H and O–H groups in total. The number of carbonyl (C=O) groups is 1. The monoisotopic (exact) mass is 341 g/mol. The summed E-state index contributed by atoms with van der Waals surface area (Å²) in [7, 11) is 0. The minimum atomic E-state index is -0.324. The molecule has 0 fully saturated rings. The fraction of sp³-hybridized carbons (Fsp3) is 0.176. The van der Waals surface area contributed by atoms with Gasteiger partial charge in [0.25, 0.3) is 0 Å². The Morgan fingerprint density at radius 3 is 2.84 bits per heavy atom. The lowest BCUT2D eigenvalue weighted by Crippen LogP contribution is -2.27. The number of hydrogen-bond donors (Lipinski definition) is 1. The predicted octanol–water partition coefficient (Wildman–Crippen LogP) is 1.71. The van der Waals surface area contributed by atoms with Gasteiger partial charge < -0.3 is 10.1 Å². The first-order valence-corrected chi connectivity index (χ1v) is 7.62. The highest BCUT2D eigenvalue weighted by molar-refractivity contribution is 5.75. The summed E-state index contributed by atoms with van der Waals surface area (Å²) >= 11 is 0. The Bertz CT molecular complexity index is 821. The molecular formula is C17H16FN5O2. The van der Waals surface area contributed by atoms with E-state index < -0.39 is 0 Å². The van der Waals surface area contributed by atoms with Gasteiger partial charge in [-0.15, -0.1) is 5.10 Å². The number of nitrogens with zero attached hydrogens (tertiary/aromatic N) is 4. The van der Waals surface area contributed by atoms with E-state index in [1.54, 1.807) is 18.6 Å². The molecule has 0 bridgehead atoms. The average Bonchev–Trinajstić information content (AvgIpc) is 3.08. The molecule has 0 saturated carbocycles. The molecule has 8 heteroatoms. The number of carbonyl (C=O) groups excluding carboxylic acids is 1. The van der Waals surface area contributed by atoms with Crippen LogP contribution in [0.5, 0.6) is 5.75 Å². The van der Waals surface area contributed by atoms with Crippen LogP contribution in [0.2, 0.25) is 0 Å². The number of pyridine rings is 1. The van der Waals surface area contributed by atoms with Crippen molar-refractivity contribution in [3.05, 3.63) is 72.1 Å². The van der Waals surface area contributed by atoms with E-state index in [1.807, 2.05) is 12.1 Å². The molecular weight excluding hydrogens is 325 g/mol. The second-order valence-electron chi connectivity index (χ2n) is 5.29. The zero-order valence-corrected chi connectivity index (χ0v) is 13.3. The summed E-state index contributed by atoms with van der Waals surface area (Å²) in [6.07, 6.45) is 5.00. The van der Waals surface area contributed by atoms with Crippen LogP contribution in [0.1, 0.15) is 11.3 Å². The zero-order chi connectivity index (χ0) is 17.5. The van der Waals surface area contributed by atoms with Crippen molar-refractivity contribution in [3.8, 4) is 5.75 Å². The molecule has 0 aliphatic rings. The Labute approximate surface area is 143 Å². The van der Waals surface area contributed by atoms with Gasteiger partial charge in [-0.25, -0.2) is 9.07 Å². The van der Waals surface area contributed by atoms with E-state index in [0.717, 1.165) is 5.56 Å². The van der Waals surface area contributed by atoms with E-state index >= 15 is 0 Å². The number of hydrogen-bond acceptors (Lipinski definition) is 5. The summed E-state index contributed by atoms with van der Waals surface area (Å²) in [4.78, 5) is 15.9. The van der Waals surface area contributed by atoms with E-state index in [4.69, 9.17) is 4.74 Å². The Morgan fingerprint density at radius 1 is 1.24 bits per heavy atom. The van der Waals surface area contributed by atoms with E-state index in [-0.39, 0.29) is 24.9 Å². The van der Waals surface area contributed by atoms with Crippen molar-refractivity contribution < 1.29 is 13.9 Å². The lowest BCUT2D eigenvalue weighted by atomic mass is 10.3. The lowest BCUT2D eigenvalue weighted by Gasteiger charge is -2.04. The van der Waals surface area contributed by atoms with Crippen molar-refractivity contribution >= 4 is 5.91 Å². The van der Waals surface area contributed by atoms with Gasteiger partial charge >= 0.3 is 0 Å². The van der Waals surface area contributed by atoms with Crippen LogP contribution >= 0.6 is 0 Å². The molecule has 0 saturated heterocycles. The molecule has 2 aromatic heterocycles. The Morgan fingerprint density at radius 2 is 2.08 bits per heavy atom. The normalized spacial score (nSPS) is 10.4. The fourth-order valence-electron chi connectivity index (χ4n) is 2.08. The summed E-state index contributed by atoms with van der Waals surface area (Å²) in [5, 5.41) is 10.6. The predicted molar refractivity (Wildman–Crippen MR) is 86.8 cm³/mol. The van der Waals surface area contributed by atoms with E-state index in [0.29, 0.717) is 18.0 Å². The van der Waals surface area contributed by atoms with Crippen molar-refractivity contribution in [3.63, 3.8) is 0 Å². The van der Waals surface area contributed by atoms with Crippen molar-refractivity contribution in [1.29, 1.82) is 0 Å². The van der Waals surface area contributed by atoms with Crippen molar-refractivity contribution in [2.24, 2.45) is 0 Å². The third kappa shape index (κ3) is 5.10. The quantitative estimate of drug-likeness (QED) is 0.707. The first-order chi connectivity index (χ1) is 12.2. The van der Waals surface area contributed by atoms with Gasteiger partial charge in [-0.3, -0.25) is 9.78 Å². The molecule has 1 amide bonds. The van der Waals surface area contributed by atoms with Gasteiger partial charge in [-0.1, -0.05) is 11.3 Å². The third-order valence-corrected chi connectivity index (χ3v) is 3.30. The summed E-state index contributed by atoms with van der Waals surface area (Å²) in [5.74, 6) is 0.0283. The second kappa shape index (κ2) is 8.00. The van der Waals surface area contributed by atoms with Gasteiger partial charge in [0.15, 0.2) is 0 Å². The highest BCUT2D eigenvalue weighted by Crippen LogP contribution is 2.12. The standard InChI is InChI=1S/C17H16FN5O2/c18-14-3-5-16(6-4-14)25-12-15-10-23(22-21-15)11-17(24)20-9-13-2-1-7-19-8-13/h1-8,10H,9,11-12H2,(H,20,24). The SMILES string of the molecule is O=C(Cn1cc(COc2ccc(F)cc2)nn1)NCc1cccnc1. The largest absolute Gasteiger partial charge is 0.487 e. The molecule has 0 radical (unpaired) electrons. The first kappa shape index (κ1) is 16.6. The minimum absolute atomic E-state index is 0.0593.